The number of ether oxygens (including phenoxy) is 2. The lowest BCUT2D eigenvalue weighted by molar-refractivity contribution is -0.143. The van der Waals surface area contributed by atoms with E-state index in [9.17, 15) is 14.4 Å². The van der Waals surface area contributed by atoms with Crippen LogP contribution >= 0.6 is 0 Å². The minimum Gasteiger partial charge on any atom is -0.465 e. The molecule has 0 N–H and O–H groups in total. The normalized spacial score (nSPS) is 11.4. The van der Waals surface area contributed by atoms with Crippen LogP contribution in [0.4, 0.5) is 0 Å². The first-order valence-corrected chi connectivity index (χ1v) is 8.11. The Balaban J connectivity index is 2.38. The fraction of sp³-hybridized carbons (Fsp3) is 0.250. The summed E-state index contributed by atoms with van der Waals surface area (Å²) in [6.07, 6.45) is 0. The molecule has 0 fully saturated rings. The highest BCUT2D eigenvalue weighted by Crippen LogP contribution is 2.23. The summed E-state index contributed by atoms with van der Waals surface area (Å²) in [4.78, 5) is 37.2. The number of carbonyl (C=O) groups is 3. The Bertz CT molecular complexity index is 752. The van der Waals surface area contributed by atoms with Crippen molar-refractivity contribution < 1.29 is 23.9 Å². The maximum atomic E-state index is 12.9. The van der Waals surface area contributed by atoms with Gasteiger partial charge in [-0.3, -0.25) is 9.59 Å². The Labute approximate surface area is 146 Å². The molecule has 1 atom stereocenters. The quantitative estimate of drug-likeness (QED) is 0.439. The summed E-state index contributed by atoms with van der Waals surface area (Å²) >= 11 is 0. The Morgan fingerprint density at radius 1 is 0.840 bits per heavy atom. The molecule has 130 valence electrons. The molecule has 25 heavy (non-hydrogen) atoms. The number of hydrogen-bond donors (Lipinski definition) is 0. The van der Waals surface area contributed by atoms with Crippen LogP contribution in [0.1, 0.15) is 46.0 Å². The van der Waals surface area contributed by atoms with E-state index in [1.165, 1.54) is 6.07 Å². The summed E-state index contributed by atoms with van der Waals surface area (Å²) in [5.41, 5.74) is 1.07. The smallest absolute Gasteiger partial charge is 0.338 e. The first-order chi connectivity index (χ1) is 12.1. The van der Waals surface area contributed by atoms with Crippen LogP contribution in [-0.4, -0.2) is 30.9 Å². The predicted molar refractivity (Wildman–Crippen MR) is 92.5 cm³/mol. The molecule has 0 aliphatic rings. The lowest BCUT2D eigenvalue weighted by Gasteiger charge is -2.15. The van der Waals surface area contributed by atoms with Gasteiger partial charge < -0.3 is 9.47 Å². The highest BCUT2D eigenvalue weighted by atomic mass is 16.5. The van der Waals surface area contributed by atoms with Gasteiger partial charge in [-0.25, -0.2) is 4.79 Å². The van der Waals surface area contributed by atoms with Gasteiger partial charge in [-0.1, -0.05) is 42.5 Å². The highest BCUT2D eigenvalue weighted by molar-refractivity contribution is 6.13. The summed E-state index contributed by atoms with van der Waals surface area (Å²) in [6, 6.07) is 14.9. The average molecular weight is 340 g/mol. The summed E-state index contributed by atoms with van der Waals surface area (Å²) in [6.45, 7) is 3.82. The van der Waals surface area contributed by atoms with Crippen molar-refractivity contribution in [3.05, 3.63) is 71.3 Å². The number of esters is 2. The van der Waals surface area contributed by atoms with Crippen molar-refractivity contribution >= 4 is 17.7 Å². The SMILES string of the molecule is CCOC(=O)c1cccc(C(=O)C(C(=O)OCC)c2ccccc2)c1. The third-order valence-electron chi connectivity index (χ3n) is 3.58. The first kappa shape index (κ1) is 18.4. The van der Waals surface area contributed by atoms with Crippen LogP contribution in [0.15, 0.2) is 54.6 Å². The van der Waals surface area contributed by atoms with Crippen LogP contribution in [-0.2, 0) is 14.3 Å². The fourth-order valence-electron chi connectivity index (χ4n) is 2.45. The monoisotopic (exact) mass is 340 g/mol. The molecule has 0 saturated heterocycles. The van der Waals surface area contributed by atoms with Crippen LogP contribution in [0.5, 0.6) is 0 Å². The van der Waals surface area contributed by atoms with E-state index >= 15 is 0 Å². The number of ketones is 1. The van der Waals surface area contributed by atoms with Crippen molar-refractivity contribution in [1.82, 2.24) is 0 Å². The zero-order valence-corrected chi connectivity index (χ0v) is 14.2. The second kappa shape index (κ2) is 8.78. The second-order valence-corrected chi connectivity index (χ2v) is 5.26. The average Bonchev–Trinajstić information content (AvgIpc) is 2.63. The largest absolute Gasteiger partial charge is 0.465 e. The third kappa shape index (κ3) is 4.53. The minimum atomic E-state index is -1.07. The number of carbonyl (C=O) groups excluding carboxylic acids is 3. The van der Waals surface area contributed by atoms with Gasteiger partial charge in [-0.15, -0.1) is 0 Å². The Morgan fingerprint density at radius 3 is 2.12 bits per heavy atom. The fourth-order valence-corrected chi connectivity index (χ4v) is 2.45. The Hall–Kier alpha value is -2.95. The Morgan fingerprint density at radius 2 is 1.48 bits per heavy atom. The van der Waals surface area contributed by atoms with E-state index in [1.807, 2.05) is 0 Å². The van der Waals surface area contributed by atoms with Gasteiger partial charge in [0, 0.05) is 5.56 Å². The molecule has 2 rings (SSSR count). The molecule has 5 nitrogen and oxygen atoms in total. The van der Waals surface area contributed by atoms with Crippen molar-refractivity contribution in [3.63, 3.8) is 0 Å². The lowest BCUT2D eigenvalue weighted by atomic mass is 9.90. The van der Waals surface area contributed by atoms with Gasteiger partial charge >= 0.3 is 11.9 Å². The van der Waals surface area contributed by atoms with Crippen LogP contribution in [0.25, 0.3) is 0 Å². The summed E-state index contributed by atoms with van der Waals surface area (Å²) in [5, 5.41) is 0. The second-order valence-electron chi connectivity index (χ2n) is 5.26. The van der Waals surface area contributed by atoms with Crippen molar-refractivity contribution in [2.24, 2.45) is 0 Å². The number of rotatable bonds is 7. The molecule has 2 aromatic carbocycles. The van der Waals surface area contributed by atoms with Gasteiger partial charge in [-0.05, 0) is 31.5 Å². The molecular weight excluding hydrogens is 320 g/mol. The van der Waals surface area contributed by atoms with Crippen molar-refractivity contribution in [2.75, 3.05) is 13.2 Å². The van der Waals surface area contributed by atoms with Crippen LogP contribution in [0.2, 0.25) is 0 Å². The van der Waals surface area contributed by atoms with E-state index in [4.69, 9.17) is 9.47 Å². The standard InChI is InChI=1S/C20H20O5/c1-3-24-19(22)16-12-8-11-15(13-16)18(21)17(20(23)25-4-2)14-9-6-5-7-10-14/h5-13,17H,3-4H2,1-2H3. The maximum Gasteiger partial charge on any atom is 0.338 e. The first-order valence-electron chi connectivity index (χ1n) is 8.11. The van der Waals surface area contributed by atoms with E-state index in [1.54, 1.807) is 62.4 Å². The molecular formula is C20H20O5. The number of hydrogen-bond acceptors (Lipinski definition) is 5. The third-order valence-corrected chi connectivity index (χ3v) is 3.58. The summed E-state index contributed by atoms with van der Waals surface area (Å²) in [5.74, 6) is -2.61. The van der Waals surface area contributed by atoms with E-state index in [0.717, 1.165) is 0 Å². The van der Waals surface area contributed by atoms with E-state index < -0.39 is 23.6 Å². The van der Waals surface area contributed by atoms with Gasteiger partial charge in [0.1, 0.15) is 5.92 Å². The summed E-state index contributed by atoms with van der Waals surface area (Å²) < 4.78 is 10.0. The zero-order valence-electron chi connectivity index (χ0n) is 14.2. The van der Waals surface area contributed by atoms with Gasteiger partial charge in [0.2, 0.25) is 0 Å². The molecule has 0 amide bonds. The maximum absolute atomic E-state index is 12.9. The molecule has 2 aromatic rings. The van der Waals surface area contributed by atoms with Gasteiger partial charge in [0.05, 0.1) is 18.8 Å². The van der Waals surface area contributed by atoms with Crippen molar-refractivity contribution in [1.29, 1.82) is 0 Å². The van der Waals surface area contributed by atoms with Gasteiger partial charge in [0.15, 0.2) is 5.78 Å². The molecule has 0 spiro atoms. The summed E-state index contributed by atoms with van der Waals surface area (Å²) in [7, 11) is 0. The Kier molecular flexibility index (Phi) is 6.46. The van der Waals surface area contributed by atoms with E-state index in [-0.39, 0.29) is 24.3 Å². The molecule has 0 bridgehead atoms. The van der Waals surface area contributed by atoms with Crippen molar-refractivity contribution in [3.8, 4) is 0 Å². The molecule has 0 aliphatic heterocycles. The van der Waals surface area contributed by atoms with Gasteiger partial charge in [0.25, 0.3) is 0 Å². The predicted octanol–water partition coefficient (Wildman–Crippen LogP) is 3.39. The zero-order chi connectivity index (χ0) is 18.2. The van der Waals surface area contributed by atoms with Crippen LogP contribution in [0.3, 0.4) is 0 Å². The topological polar surface area (TPSA) is 69.7 Å². The highest BCUT2D eigenvalue weighted by Gasteiger charge is 2.31. The van der Waals surface area contributed by atoms with Crippen LogP contribution in [0, 0.1) is 0 Å². The lowest BCUT2D eigenvalue weighted by Crippen LogP contribution is -2.24. The van der Waals surface area contributed by atoms with Gasteiger partial charge in [-0.2, -0.15) is 0 Å². The van der Waals surface area contributed by atoms with E-state index in [2.05, 4.69) is 0 Å². The number of Topliss-reactive ketones (excluding diaryl/α,β-unsaturated/α-hetero) is 1. The molecule has 0 aliphatic carbocycles. The molecule has 1 unspecified atom stereocenters. The molecule has 0 heterocycles. The molecule has 0 aromatic heterocycles. The number of benzene rings is 2. The van der Waals surface area contributed by atoms with Crippen molar-refractivity contribution in [2.45, 2.75) is 19.8 Å². The molecule has 0 saturated carbocycles. The molecule has 5 heteroatoms. The molecule has 0 radical (unpaired) electrons. The van der Waals surface area contributed by atoms with E-state index in [0.29, 0.717) is 5.56 Å². The van der Waals surface area contributed by atoms with Crippen LogP contribution < -0.4 is 0 Å². The minimum absolute atomic E-state index is 0.179.